The Morgan fingerprint density at radius 1 is 1.19 bits per heavy atom. The van der Waals surface area contributed by atoms with Crippen LogP contribution >= 0.6 is 23.4 Å². The number of aliphatic hydroxyl groups excluding tert-OH is 1. The number of carboxylic acid groups (broad SMARTS) is 1. The summed E-state index contributed by atoms with van der Waals surface area (Å²) in [5.41, 5.74) is 3.88. The highest BCUT2D eigenvalue weighted by Gasteiger charge is 2.20. The molecule has 27 heavy (non-hydrogen) atoms. The van der Waals surface area contributed by atoms with Crippen LogP contribution in [0.1, 0.15) is 24.5 Å². The summed E-state index contributed by atoms with van der Waals surface area (Å²) in [6.07, 6.45) is 2.14. The summed E-state index contributed by atoms with van der Waals surface area (Å²) < 4.78 is 0. The van der Waals surface area contributed by atoms with Crippen molar-refractivity contribution in [1.82, 2.24) is 4.90 Å². The van der Waals surface area contributed by atoms with Crippen LogP contribution in [0.2, 0.25) is 5.02 Å². The van der Waals surface area contributed by atoms with Gasteiger partial charge in [-0.15, -0.1) is 0 Å². The quantitative estimate of drug-likeness (QED) is 0.662. The fourth-order valence-electron chi connectivity index (χ4n) is 2.53. The van der Waals surface area contributed by atoms with Crippen molar-refractivity contribution in [3.8, 4) is 0 Å². The fourth-order valence-corrected chi connectivity index (χ4v) is 3.79. The minimum Gasteiger partial charge on any atom is -0.479 e. The van der Waals surface area contributed by atoms with Gasteiger partial charge in [-0.05, 0) is 68.4 Å². The topological polar surface area (TPSA) is 60.8 Å². The number of hydrogen-bond acceptors (Lipinski definition) is 4. The van der Waals surface area contributed by atoms with E-state index in [1.807, 2.05) is 17.8 Å². The number of halogens is 1. The molecule has 0 fully saturated rings. The second-order valence-corrected chi connectivity index (χ2v) is 7.98. The maximum absolute atomic E-state index is 9.45. The van der Waals surface area contributed by atoms with Gasteiger partial charge in [-0.25, -0.2) is 4.79 Å². The summed E-state index contributed by atoms with van der Waals surface area (Å²) >= 11 is 8.03. The smallest absolute Gasteiger partial charge is 0.332 e. The molecule has 144 valence electrons. The largest absolute Gasteiger partial charge is 0.479 e. The third-order valence-electron chi connectivity index (χ3n) is 3.91. The van der Waals surface area contributed by atoms with Crippen LogP contribution in [0.15, 0.2) is 58.3 Å². The van der Waals surface area contributed by atoms with Crippen molar-refractivity contribution < 1.29 is 15.0 Å². The van der Waals surface area contributed by atoms with E-state index in [2.05, 4.69) is 61.5 Å². The van der Waals surface area contributed by atoms with Crippen molar-refractivity contribution >= 4 is 34.9 Å². The van der Waals surface area contributed by atoms with E-state index >= 15 is 0 Å². The number of rotatable bonds is 4. The summed E-state index contributed by atoms with van der Waals surface area (Å²) in [6.45, 7) is 2.25. The zero-order valence-electron chi connectivity index (χ0n) is 15.6. The Kier molecular flexibility index (Phi) is 7.92. The lowest BCUT2D eigenvalue weighted by atomic mass is 9.96. The molecule has 2 aromatic rings. The summed E-state index contributed by atoms with van der Waals surface area (Å²) in [6, 6.07) is 14.8. The van der Waals surface area contributed by atoms with Gasteiger partial charge in [-0.3, -0.25) is 0 Å². The Morgan fingerprint density at radius 3 is 2.44 bits per heavy atom. The Balaban J connectivity index is 0.000000380. The van der Waals surface area contributed by atoms with Crippen LogP contribution in [0.3, 0.4) is 0 Å². The van der Waals surface area contributed by atoms with E-state index in [9.17, 15) is 4.79 Å². The van der Waals surface area contributed by atoms with Crippen molar-refractivity contribution in [2.24, 2.45) is 0 Å². The first-order valence-corrected chi connectivity index (χ1v) is 9.82. The highest BCUT2D eigenvalue weighted by molar-refractivity contribution is 7.99. The standard InChI is InChI=1S/C18H18ClNS.C3H6O3/c1-20(2)11-5-7-14-15-6-3-4-8-17(15)21-18-10-9-13(19)12-16(14)18;1-2(4)3(5)6/h3-4,6-10,12H,5,11H2,1-2H3;2,4H,1H3,(H,5,6)/b14-7-;. The van der Waals surface area contributed by atoms with E-state index in [0.29, 0.717) is 0 Å². The Morgan fingerprint density at radius 2 is 1.81 bits per heavy atom. The zero-order valence-corrected chi connectivity index (χ0v) is 17.2. The molecule has 2 aromatic carbocycles. The predicted molar refractivity (Wildman–Crippen MR) is 112 cm³/mol. The molecular weight excluding hydrogens is 382 g/mol. The highest BCUT2D eigenvalue weighted by atomic mass is 35.5. The first kappa shape index (κ1) is 21.5. The number of carbonyl (C=O) groups is 1. The van der Waals surface area contributed by atoms with Crippen molar-refractivity contribution in [1.29, 1.82) is 0 Å². The molecule has 4 nitrogen and oxygen atoms in total. The number of carboxylic acids is 1. The third kappa shape index (κ3) is 6.11. The minimum absolute atomic E-state index is 0.798. The van der Waals surface area contributed by atoms with Crippen LogP contribution < -0.4 is 0 Å². The van der Waals surface area contributed by atoms with E-state index in [0.717, 1.165) is 18.0 Å². The van der Waals surface area contributed by atoms with E-state index in [1.54, 1.807) is 0 Å². The molecule has 1 heterocycles. The van der Waals surface area contributed by atoms with Crippen LogP contribution in [0.25, 0.3) is 5.57 Å². The molecule has 0 amide bonds. The molecule has 3 rings (SSSR count). The van der Waals surface area contributed by atoms with Gasteiger partial charge in [-0.1, -0.05) is 47.6 Å². The average Bonchev–Trinajstić information content (AvgIpc) is 2.61. The maximum atomic E-state index is 9.45. The number of aliphatic hydroxyl groups is 1. The molecule has 0 aromatic heterocycles. The Bertz CT molecular complexity index is 834. The molecule has 6 heteroatoms. The molecule has 0 bridgehead atoms. The number of aliphatic carboxylic acids is 1. The summed E-state index contributed by atoms with van der Waals surface area (Å²) in [7, 11) is 4.21. The van der Waals surface area contributed by atoms with Gasteiger partial charge in [0.15, 0.2) is 0 Å². The van der Waals surface area contributed by atoms with Crippen LogP contribution in [-0.2, 0) is 4.79 Å². The van der Waals surface area contributed by atoms with Gasteiger partial charge < -0.3 is 15.1 Å². The molecule has 0 saturated heterocycles. The third-order valence-corrected chi connectivity index (χ3v) is 5.30. The van der Waals surface area contributed by atoms with Crippen molar-refractivity contribution in [2.45, 2.75) is 29.2 Å². The van der Waals surface area contributed by atoms with E-state index in [-0.39, 0.29) is 0 Å². The number of nitrogens with zero attached hydrogens (tertiary/aromatic N) is 1. The fraction of sp³-hybridized carbons (Fsp3) is 0.286. The molecule has 0 aliphatic carbocycles. The highest BCUT2D eigenvalue weighted by Crippen LogP contribution is 2.46. The summed E-state index contributed by atoms with van der Waals surface area (Å²) in [4.78, 5) is 14.3. The van der Waals surface area contributed by atoms with Crippen molar-refractivity contribution in [3.05, 3.63) is 64.7 Å². The molecule has 1 aliphatic heterocycles. The van der Waals surface area contributed by atoms with Gasteiger partial charge >= 0.3 is 5.97 Å². The molecule has 1 atom stereocenters. The van der Waals surface area contributed by atoms with Gasteiger partial charge in [0.2, 0.25) is 0 Å². The molecule has 1 unspecified atom stereocenters. The van der Waals surface area contributed by atoms with Crippen LogP contribution in [-0.4, -0.2) is 47.8 Å². The zero-order chi connectivity index (χ0) is 20.0. The lowest BCUT2D eigenvalue weighted by Gasteiger charge is -2.22. The molecule has 2 N–H and O–H groups in total. The van der Waals surface area contributed by atoms with Crippen LogP contribution in [0.5, 0.6) is 0 Å². The van der Waals surface area contributed by atoms with E-state index < -0.39 is 12.1 Å². The lowest BCUT2D eigenvalue weighted by Crippen LogP contribution is -2.13. The van der Waals surface area contributed by atoms with Gasteiger partial charge in [-0.2, -0.15) is 0 Å². The lowest BCUT2D eigenvalue weighted by molar-refractivity contribution is -0.145. The second-order valence-electron chi connectivity index (χ2n) is 6.46. The molecule has 1 aliphatic rings. The number of benzene rings is 2. The van der Waals surface area contributed by atoms with Gasteiger partial charge in [0, 0.05) is 21.4 Å². The molecular formula is C21H24ClNO3S. The summed E-state index contributed by atoms with van der Waals surface area (Å²) in [5.74, 6) is -1.19. The van der Waals surface area contributed by atoms with Crippen molar-refractivity contribution in [2.75, 3.05) is 20.6 Å². The molecule has 0 spiro atoms. The molecule has 0 saturated carbocycles. The monoisotopic (exact) mass is 405 g/mol. The van der Waals surface area contributed by atoms with E-state index in [1.165, 1.54) is 33.4 Å². The average molecular weight is 406 g/mol. The predicted octanol–water partition coefficient (Wildman–Crippen LogP) is 4.64. The Hall–Kier alpha value is -1.79. The van der Waals surface area contributed by atoms with Gasteiger partial charge in [0.1, 0.15) is 6.10 Å². The second kappa shape index (κ2) is 9.95. The van der Waals surface area contributed by atoms with Gasteiger partial charge in [0.25, 0.3) is 0 Å². The van der Waals surface area contributed by atoms with Crippen LogP contribution in [0.4, 0.5) is 0 Å². The van der Waals surface area contributed by atoms with Crippen LogP contribution in [0, 0.1) is 0 Å². The maximum Gasteiger partial charge on any atom is 0.332 e. The molecule has 0 radical (unpaired) electrons. The van der Waals surface area contributed by atoms with Crippen molar-refractivity contribution in [3.63, 3.8) is 0 Å². The summed E-state index contributed by atoms with van der Waals surface area (Å²) in [5, 5.41) is 16.6. The SMILES string of the molecule is CC(O)C(=O)O.CN(C)CC/C=C1/c2ccccc2Sc2ccc(Cl)cc21. The first-order valence-electron chi connectivity index (χ1n) is 8.62. The number of fused-ring (bicyclic) bond motifs is 2. The van der Waals surface area contributed by atoms with Gasteiger partial charge in [0.05, 0.1) is 0 Å². The number of hydrogen-bond donors (Lipinski definition) is 2. The minimum atomic E-state index is -1.23. The first-order chi connectivity index (χ1) is 12.8. The van der Waals surface area contributed by atoms with E-state index in [4.69, 9.17) is 21.8 Å². The normalized spacial score (nSPS) is 14.8. The Labute approximate surface area is 169 Å².